The number of carbonyl (C=O) groups is 1. The number of anilines is 1. The van der Waals surface area contributed by atoms with E-state index in [1.54, 1.807) is 7.05 Å². The molecular formula is C26H26Cl2N2O2S. The van der Waals surface area contributed by atoms with Crippen molar-refractivity contribution < 1.29 is 9.53 Å². The van der Waals surface area contributed by atoms with E-state index in [0.29, 0.717) is 16.5 Å². The number of ether oxygens (including phenoxy) is 1. The largest absolute Gasteiger partial charge is 0.468 e. The van der Waals surface area contributed by atoms with Crippen molar-refractivity contribution in [3.8, 4) is 0 Å². The van der Waals surface area contributed by atoms with Gasteiger partial charge in [-0.2, -0.15) is 0 Å². The molecule has 0 aromatic heterocycles. The summed E-state index contributed by atoms with van der Waals surface area (Å²) in [5, 5.41) is 8.22. The maximum atomic E-state index is 12.1. The number of benzene rings is 3. The van der Waals surface area contributed by atoms with Gasteiger partial charge in [0.25, 0.3) is 0 Å². The number of likely N-dealkylation sites (N-methyl/N-ethyl adjacent to an activating group) is 1. The number of hydrogen-bond acceptors (Lipinski definition) is 5. The van der Waals surface area contributed by atoms with Crippen LogP contribution in [0.15, 0.2) is 71.6 Å². The smallest absolute Gasteiger partial charge is 0.323 e. The Labute approximate surface area is 209 Å². The third kappa shape index (κ3) is 5.49. The van der Waals surface area contributed by atoms with E-state index in [1.807, 2.05) is 36.0 Å². The Kier molecular flexibility index (Phi) is 7.86. The van der Waals surface area contributed by atoms with Crippen molar-refractivity contribution in [3.63, 3.8) is 0 Å². The first kappa shape index (κ1) is 24.0. The van der Waals surface area contributed by atoms with E-state index in [1.165, 1.54) is 17.6 Å². The number of thioether (sulfide) groups is 1. The van der Waals surface area contributed by atoms with E-state index in [9.17, 15) is 4.79 Å². The maximum absolute atomic E-state index is 12.1. The SMILES string of the molecule is CNC(Cc1ccc2c(c1)C(Sc1ccccc1)CC(c1c(Cl)cccc1Cl)N2)C(=O)OC. The third-order valence-corrected chi connectivity index (χ3v) is 7.82. The number of nitrogens with one attached hydrogen (secondary N) is 2. The lowest BCUT2D eigenvalue weighted by molar-refractivity contribution is -0.142. The molecule has 0 spiro atoms. The minimum atomic E-state index is -0.389. The van der Waals surface area contributed by atoms with E-state index in [4.69, 9.17) is 27.9 Å². The lowest BCUT2D eigenvalue weighted by atomic mass is 9.91. The molecule has 1 heterocycles. The van der Waals surface area contributed by atoms with E-state index >= 15 is 0 Å². The lowest BCUT2D eigenvalue weighted by Crippen LogP contribution is -2.37. The zero-order valence-electron chi connectivity index (χ0n) is 18.5. The summed E-state index contributed by atoms with van der Waals surface area (Å²) >= 11 is 14.9. The summed E-state index contributed by atoms with van der Waals surface area (Å²) in [5.74, 6) is -0.267. The van der Waals surface area contributed by atoms with Crippen LogP contribution in [-0.2, 0) is 16.0 Å². The molecule has 0 radical (unpaired) electrons. The number of carbonyl (C=O) groups excluding carboxylic acids is 1. The average Bonchev–Trinajstić information content (AvgIpc) is 2.83. The second-order valence-corrected chi connectivity index (χ2v) is 10.1. The van der Waals surface area contributed by atoms with Gasteiger partial charge in [0.1, 0.15) is 6.04 Å². The van der Waals surface area contributed by atoms with Gasteiger partial charge in [-0.1, -0.05) is 59.6 Å². The highest BCUT2D eigenvalue weighted by Crippen LogP contribution is 2.50. The molecule has 1 aliphatic heterocycles. The molecule has 3 aromatic carbocycles. The molecule has 0 fully saturated rings. The van der Waals surface area contributed by atoms with Crippen molar-refractivity contribution in [1.82, 2.24) is 5.32 Å². The first-order valence-corrected chi connectivity index (χ1v) is 12.4. The number of rotatable bonds is 7. The van der Waals surface area contributed by atoms with E-state index in [2.05, 4.69) is 53.1 Å². The normalized spacial score (nSPS) is 18.2. The predicted molar refractivity (Wildman–Crippen MR) is 137 cm³/mol. The highest BCUT2D eigenvalue weighted by atomic mass is 35.5. The summed E-state index contributed by atoms with van der Waals surface area (Å²) in [4.78, 5) is 13.3. The van der Waals surface area contributed by atoms with Crippen LogP contribution in [0.4, 0.5) is 5.69 Å². The fraction of sp³-hybridized carbons (Fsp3) is 0.269. The van der Waals surface area contributed by atoms with Crippen LogP contribution < -0.4 is 10.6 Å². The Bertz CT molecular complexity index is 1110. The van der Waals surface area contributed by atoms with Crippen LogP contribution in [-0.4, -0.2) is 26.2 Å². The topological polar surface area (TPSA) is 50.4 Å². The van der Waals surface area contributed by atoms with Crippen LogP contribution in [0.1, 0.15) is 34.4 Å². The van der Waals surface area contributed by atoms with Gasteiger partial charge in [0, 0.05) is 31.4 Å². The van der Waals surface area contributed by atoms with Crippen molar-refractivity contribution >= 4 is 46.6 Å². The van der Waals surface area contributed by atoms with E-state index in [0.717, 1.165) is 23.2 Å². The number of methoxy groups -OCH3 is 1. The summed E-state index contributed by atoms with van der Waals surface area (Å²) in [6.45, 7) is 0. The van der Waals surface area contributed by atoms with Crippen molar-refractivity contribution in [2.24, 2.45) is 0 Å². The van der Waals surface area contributed by atoms with Crippen LogP contribution in [0.3, 0.4) is 0 Å². The highest BCUT2D eigenvalue weighted by Gasteiger charge is 2.31. The Hall–Kier alpha value is -2.18. The molecule has 0 amide bonds. The first-order chi connectivity index (χ1) is 16.0. The number of fused-ring (bicyclic) bond motifs is 1. The van der Waals surface area contributed by atoms with E-state index < -0.39 is 0 Å². The van der Waals surface area contributed by atoms with Gasteiger partial charge in [-0.3, -0.25) is 4.79 Å². The standard InChI is InChI=1S/C26H26Cl2N2O2S/c1-29-23(26(31)32-2)14-16-11-12-21-18(13-16)24(33-17-7-4-3-5-8-17)15-22(30-21)25-19(27)9-6-10-20(25)28/h3-13,22-24,29-30H,14-15H2,1-2H3. The molecule has 0 bridgehead atoms. The second-order valence-electron chi connectivity index (χ2n) is 7.98. The lowest BCUT2D eigenvalue weighted by Gasteiger charge is -2.34. The zero-order valence-corrected chi connectivity index (χ0v) is 20.8. The summed E-state index contributed by atoms with van der Waals surface area (Å²) < 4.78 is 4.93. The minimum Gasteiger partial charge on any atom is -0.468 e. The zero-order chi connectivity index (χ0) is 23.4. The van der Waals surface area contributed by atoms with Crippen molar-refractivity contribution in [1.29, 1.82) is 0 Å². The van der Waals surface area contributed by atoms with Gasteiger partial charge >= 0.3 is 5.97 Å². The number of hydrogen-bond donors (Lipinski definition) is 2. The minimum absolute atomic E-state index is 0.00844. The molecular weight excluding hydrogens is 475 g/mol. The summed E-state index contributed by atoms with van der Waals surface area (Å²) in [6.07, 6.45) is 1.38. The van der Waals surface area contributed by atoms with Gasteiger partial charge in [0.05, 0.1) is 13.2 Å². The maximum Gasteiger partial charge on any atom is 0.323 e. The third-order valence-electron chi connectivity index (χ3n) is 5.89. The summed E-state index contributed by atoms with van der Waals surface area (Å²) in [6, 6.07) is 22.0. The van der Waals surface area contributed by atoms with Crippen LogP contribution in [0.25, 0.3) is 0 Å². The molecule has 7 heteroatoms. The average molecular weight is 501 g/mol. The highest BCUT2D eigenvalue weighted by molar-refractivity contribution is 7.99. The Morgan fingerprint density at radius 2 is 1.85 bits per heavy atom. The first-order valence-electron chi connectivity index (χ1n) is 10.8. The van der Waals surface area contributed by atoms with Crippen LogP contribution in [0.2, 0.25) is 10.0 Å². The van der Waals surface area contributed by atoms with Gasteiger partial charge in [0.15, 0.2) is 0 Å². The van der Waals surface area contributed by atoms with Crippen molar-refractivity contribution in [2.45, 2.75) is 35.1 Å². The molecule has 0 saturated heterocycles. The molecule has 4 nitrogen and oxygen atoms in total. The Morgan fingerprint density at radius 3 is 2.52 bits per heavy atom. The molecule has 2 N–H and O–H groups in total. The monoisotopic (exact) mass is 500 g/mol. The van der Waals surface area contributed by atoms with Crippen molar-refractivity contribution in [2.75, 3.05) is 19.5 Å². The van der Waals surface area contributed by atoms with Crippen LogP contribution in [0, 0.1) is 0 Å². The van der Waals surface area contributed by atoms with Gasteiger partial charge in [-0.05, 0) is 61.3 Å². The fourth-order valence-corrected chi connectivity index (χ4v) is 6.13. The van der Waals surface area contributed by atoms with Gasteiger partial charge in [-0.15, -0.1) is 11.8 Å². The van der Waals surface area contributed by atoms with Crippen molar-refractivity contribution in [3.05, 3.63) is 93.5 Å². The van der Waals surface area contributed by atoms with Gasteiger partial charge in [-0.25, -0.2) is 0 Å². The Morgan fingerprint density at radius 1 is 1.12 bits per heavy atom. The number of esters is 1. The van der Waals surface area contributed by atoms with E-state index in [-0.39, 0.29) is 23.3 Å². The second kappa shape index (κ2) is 10.8. The molecule has 4 rings (SSSR count). The van der Waals surface area contributed by atoms with Gasteiger partial charge in [0.2, 0.25) is 0 Å². The quantitative estimate of drug-likeness (QED) is 0.354. The predicted octanol–water partition coefficient (Wildman–Crippen LogP) is 6.69. The Balaban J connectivity index is 1.69. The molecule has 172 valence electrons. The fourth-order valence-electron chi connectivity index (χ4n) is 4.21. The molecule has 0 saturated carbocycles. The van der Waals surface area contributed by atoms with Crippen LogP contribution in [0.5, 0.6) is 0 Å². The molecule has 33 heavy (non-hydrogen) atoms. The van der Waals surface area contributed by atoms with Crippen LogP contribution >= 0.6 is 35.0 Å². The molecule has 1 aliphatic rings. The van der Waals surface area contributed by atoms with Gasteiger partial charge < -0.3 is 15.4 Å². The summed E-state index contributed by atoms with van der Waals surface area (Å²) in [7, 11) is 3.18. The molecule has 3 unspecified atom stereocenters. The number of halogens is 2. The summed E-state index contributed by atoms with van der Waals surface area (Å²) in [5.41, 5.74) is 4.27. The molecule has 3 atom stereocenters. The molecule has 3 aromatic rings. The molecule has 0 aliphatic carbocycles.